The molecule has 3 aliphatic heterocycles. The zero-order valence-corrected chi connectivity index (χ0v) is 19.2. The molecule has 0 radical (unpaired) electrons. The van der Waals surface area contributed by atoms with Gasteiger partial charge in [0.15, 0.2) is 0 Å². The summed E-state index contributed by atoms with van der Waals surface area (Å²) in [5.74, 6) is 0.109. The standard InChI is InChI=1S/C24H28F3N5O3/c25-24(26,27)18-2-1-16(19(10-18)17-11-28-29-12-17)9-15-3-6-31(7-4-15)23(34)32-8-5-21-20(13-32)30-22(33)14-35-21/h1-2,10-12,15,20-21H,3-9,13-14H2,(H,28,29)(H,30,33)/t20?,21-/m0/s1. The Morgan fingerprint density at radius 2 is 1.91 bits per heavy atom. The minimum absolute atomic E-state index is 0.0321. The molecule has 3 amide bonds. The van der Waals surface area contributed by atoms with Crippen LogP contribution in [-0.4, -0.2) is 76.9 Å². The lowest BCUT2D eigenvalue weighted by atomic mass is 9.86. The number of hydrogen-bond acceptors (Lipinski definition) is 4. The maximum atomic E-state index is 13.3. The van der Waals surface area contributed by atoms with Crippen molar-refractivity contribution in [3.63, 3.8) is 0 Å². The summed E-state index contributed by atoms with van der Waals surface area (Å²) in [7, 11) is 0. The molecule has 3 fully saturated rings. The summed E-state index contributed by atoms with van der Waals surface area (Å²) in [6.45, 7) is 2.30. The van der Waals surface area contributed by atoms with Crippen molar-refractivity contribution >= 4 is 11.9 Å². The Morgan fingerprint density at radius 3 is 2.63 bits per heavy atom. The molecule has 0 aliphatic carbocycles. The number of ether oxygens (including phenoxy) is 1. The minimum Gasteiger partial charge on any atom is -0.366 e. The van der Waals surface area contributed by atoms with Crippen molar-refractivity contribution in [1.82, 2.24) is 25.3 Å². The van der Waals surface area contributed by atoms with E-state index >= 15 is 0 Å². The van der Waals surface area contributed by atoms with Crippen LogP contribution in [0.1, 0.15) is 30.4 Å². The monoisotopic (exact) mass is 491 g/mol. The van der Waals surface area contributed by atoms with Crippen LogP contribution in [0.4, 0.5) is 18.0 Å². The molecule has 11 heteroatoms. The van der Waals surface area contributed by atoms with Crippen molar-refractivity contribution in [2.24, 2.45) is 5.92 Å². The molecule has 5 rings (SSSR count). The highest BCUT2D eigenvalue weighted by molar-refractivity contribution is 5.79. The SMILES string of the molecule is O=C1CO[C@H]2CCN(C(=O)N3CCC(Cc4ccc(C(F)(F)F)cc4-c4cn[nH]c4)CC3)CC2N1. The van der Waals surface area contributed by atoms with Crippen LogP contribution in [-0.2, 0) is 22.1 Å². The number of urea groups is 1. The number of aromatic nitrogens is 2. The Hall–Kier alpha value is -3.08. The van der Waals surface area contributed by atoms with E-state index in [4.69, 9.17) is 4.74 Å². The van der Waals surface area contributed by atoms with E-state index in [-0.39, 0.29) is 36.6 Å². The first-order chi connectivity index (χ1) is 16.8. The van der Waals surface area contributed by atoms with Crippen LogP contribution in [0.3, 0.4) is 0 Å². The van der Waals surface area contributed by atoms with Crippen LogP contribution in [0.5, 0.6) is 0 Å². The number of alkyl halides is 3. The Labute approximate surface area is 200 Å². The Kier molecular flexibility index (Phi) is 6.43. The molecule has 0 saturated carbocycles. The number of nitrogens with zero attached hydrogens (tertiary/aromatic N) is 3. The predicted molar refractivity (Wildman–Crippen MR) is 120 cm³/mol. The maximum absolute atomic E-state index is 13.3. The smallest absolute Gasteiger partial charge is 0.366 e. The molecule has 188 valence electrons. The van der Waals surface area contributed by atoms with Gasteiger partial charge in [0.25, 0.3) is 0 Å². The average molecular weight is 492 g/mol. The number of morpholine rings is 1. The molecule has 3 aliphatic rings. The normalized spacial score (nSPS) is 23.7. The molecule has 8 nitrogen and oxygen atoms in total. The van der Waals surface area contributed by atoms with Gasteiger partial charge in [-0.25, -0.2) is 4.79 Å². The number of rotatable bonds is 3. The third-order valence-corrected chi connectivity index (χ3v) is 7.23. The number of aromatic amines is 1. The molecule has 3 saturated heterocycles. The molecule has 35 heavy (non-hydrogen) atoms. The van der Waals surface area contributed by atoms with E-state index in [2.05, 4.69) is 15.5 Å². The fourth-order valence-electron chi connectivity index (χ4n) is 5.31. The summed E-state index contributed by atoms with van der Waals surface area (Å²) in [4.78, 5) is 28.4. The van der Waals surface area contributed by atoms with Gasteiger partial charge in [-0.3, -0.25) is 9.89 Å². The summed E-state index contributed by atoms with van der Waals surface area (Å²) >= 11 is 0. The number of likely N-dealkylation sites (tertiary alicyclic amines) is 2. The number of halogens is 3. The van der Waals surface area contributed by atoms with E-state index in [0.717, 1.165) is 24.5 Å². The lowest BCUT2D eigenvalue weighted by molar-refractivity contribution is -0.140. The third kappa shape index (κ3) is 5.14. The van der Waals surface area contributed by atoms with E-state index in [1.807, 2.05) is 4.90 Å². The molecule has 1 aromatic carbocycles. The van der Waals surface area contributed by atoms with E-state index in [1.165, 1.54) is 12.3 Å². The van der Waals surface area contributed by atoms with Gasteiger partial charge in [0, 0.05) is 37.9 Å². The van der Waals surface area contributed by atoms with Crippen LogP contribution < -0.4 is 5.32 Å². The lowest BCUT2D eigenvalue weighted by Gasteiger charge is -2.43. The summed E-state index contributed by atoms with van der Waals surface area (Å²) in [5, 5.41) is 9.49. The van der Waals surface area contributed by atoms with Gasteiger partial charge in [-0.15, -0.1) is 0 Å². The summed E-state index contributed by atoms with van der Waals surface area (Å²) in [6.07, 6.45) is 1.55. The first kappa shape index (κ1) is 23.7. The number of fused-ring (bicyclic) bond motifs is 1. The predicted octanol–water partition coefficient (Wildman–Crippen LogP) is 3.06. The van der Waals surface area contributed by atoms with Gasteiger partial charge in [0.2, 0.25) is 5.91 Å². The first-order valence-corrected chi connectivity index (χ1v) is 11.9. The molecule has 2 aromatic rings. The van der Waals surface area contributed by atoms with Crippen LogP contribution >= 0.6 is 0 Å². The van der Waals surface area contributed by atoms with E-state index in [1.54, 1.807) is 17.2 Å². The Balaban J connectivity index is 1.20. The highest BCUT2D eigenvalue weighted by Crippen LogP contribution is 2.35. The lowest BCUT2D eigenvalue weighted by Crippen LogP contribution is -2.62. The van der Waals surface area contributed by atoms with Crippen molar-refractivity contribution < 1.29 is 27.5 Å². The number of carbonyl (C=O) groups excluding carboxylic acids is 2. The minimum atomic E-state index is -4.41. The number of nitrogens with one attached hydrogen (secondary N) is 2. The molecule has 1 unspecified atom stereocenters. The topological polar surface area (TPSA) is 90.6 Å². The Bertz CT molecular complexity index is 1070. The number of amides is 3. The van der Waals surface area contributed by atoms with E-state index < -0.39 is 11.7 Å². The maximum Gasteiger partial charge on any atom is 0.416 e. The quantitative estimate of drug-likeness (QED) is 0.691. The summed E-state index contributed by atoms with van der Waals surface area (Å²) in [6, 6.07) is 3.68. The van der Waals surface area contributed by atoms with Crippen molar-refractivity contribution in [1.29, 1.82) is 0 Å². The average Bonchev–Trinajstić information content (AvgIpc) is 3.38. The van der Waals surface area contributed by atoms with Gasteiger partial charge in [0.05, 0.1) is 23.9 Å². The van der Waals surface area contributed by atoms with Crippen molar-refractivity contribution in [2.45, 2.75) is 44.0 Å². The molecule has 4 heterocycles. The number of benzene rings is 1. The van der Waals surface area contributed by atoms with Crippen molar-refractivity contribution in [2.75, 3.05) is 32.8 Å². The van der Waals surface area contributed by atoms with Crippen molar-refractivity contribution in [3.8, 4) is 11.1 Å². The summed E-state index contributed by atoms with van der Waals surface area (Å²) < 4.78 is 45.4. The van der Waals surface area contributed by atoms with Crippen LogP contribution in [0.15, 0.2) is 30.6 Å². The molecule has 1 aromatic heterocycles. The fraction of sp³-hybridized carbons (Fsp3) is 0.542. The molecule has 2 atom stereocenters. The van der Waals surface area contributed by atoms with Gasteiger partial charge >= 0.3 is 12.2 Å². The van der Waals surface area contributed by atoms with Crippen LogP contribution in [0.25, 0.3) is 11.1 Å². The van der Waals surface area contributed by atoms with Gasteiger partial charge < -0.3 is 19.9 Å². The molecular weight excluding hydrogens is 463 g/mol. The zero-order valence-electron chi connectivity index (χ0n) is 19.2. The highest BCUT2D eigenvalue weighted by atomic mass is 19.4. The van der Waals surface area contributed by atoms with Crippen molar-refractivity contribution in [3.05, 3.63) is 41.7 Å². The fourth-order valence-corrected chi connectivity index (χ4v) is 5.31. The van der Waals surface area contributed by atoms with Crippen LogP contribution in [0, 0.1) is 5.92 Å². The van der Waals surface area contributed by atoms with Gasteiger partial charge in [0.1, 0.15) is 6.61 Å². The number of hydrogen-bond donors (Lipinski definition) is 2. The largest absolute Gasteiger partial charge is 0.416 e. The summed E-state index contributed by atoms with van der Waals surface area (Å²) in [5.41, 5.74) is 1.33. The van der Waals surface area contributed by atoms with Crippen LogP contribution in [0.2, 0.25) is 0 Å². The zero-order chi connectivity index (χ0) is 24.6. The molecule has 0 spiro atoms. The molecule has 0 bridgehead atoms. The first-order valence-electron chi connectivity index (χ1n) is 11.9. The number of carbonyl (C=O) groups is 2. The van der Waals surface area contributed by atoms with Gasteiger partial charge in [-0.05, 0) is 54.9 Å². The van der Waals surface area contributed by atoms with Gasteiger partial charge in [-0.1, -0.05) is 6.07 Å². The van der Waals surface area contributed by atoms with E-state index in [0.29, 0.717) is 50.1 Å². The van der Waals surface area contributed by atoms with E-state index in [9.17, 15) is 22.8 Å². The second-order valence-corrected chi connectivity index (χ2v) is 9.53. The molecule has 2 N–H and O–H groups in total. The van der Waals surface area contributed by atoms with Gasteiger partial charge in [-0.2, -0.15) is 18.3 Å². The third-order valence-electron chi connectivity index (χ3n) is 7.23. The highest BCUT2D eigenvalue weighted by Gasteiger charge is 2.38. The second kappa shape index (κ2) is 9.52. The number of piperidine rings is 2. The molecular formula is C24H28F3N5O3. The Morgan fingerprint density at radius 1 is 1.14 bits per heavy atom. The second-order valence-electron chi connectivity index (χ2n) is 9.53. The number of H-pyrrole nitrogens is 1.